The highest BCUT2D eigenvalue weighted by Gasteiger charge is 2.24. The van der Waals surface area contributed by atoms with Gasteiger partial charge in [0.05, 0.1) is 18.2 Å². The summed E-state index contributed by atoms with van der Waals surface area (Å²) in [7, 11) is 0. The molecule has 0 N–H and O–H groups in total. The molecule has 0 aliphatic rings. The van der Waals surface area contributed by atoms with Crippen LogP contribution in [0, 0.1) is 18.3 Å². The number of hydrogen-bond acceptors (Lipinski definition) is 7. The minimum Gasteiger partial charge on any atom is -0.494 e. The number of carbonyl (C=O) groups is 2. The molecule has 1 aromatic carbocycles. The van der Waals surface area contributed by atoms with E-state index in [0.717, 1.165) is 18.5 Å². The predicted molar refractivity (Wildman–Crippen MR) is 97.3 cm³/mol. The molecule has 0 radical (unpaired) electrons. The molecule has 0 amide bonds. The second-order valence-electron chi connectivity index (χ2n) is 5.66. The topological polar surface area (TPSA) is 89.3 Å². The number of aromatic nitrogens is 1. The Labute approximate surface area is 156 Å². The molecule has 0 saturated heterocycles. The van der Waals surface area contributed by atoms with Crippen molar-refractivity contribution in [3.63, 3.8) is 0 Å². The molecule has 1 heterocycles. The van der Waals surface area contributed by atoms with Gasteiger partial charge < -0.3 is 9.47 Å². The van der Waals surface area contributed by atoms with Gasteiger partial charge in [0.1, 0.15) is 10.8 Å². The third-order valence-electron chi connectivity index (χ3n) is 3.54. The van der Waals surface area contributed by atoms with Crippen molar-refractivity contribution in [3.8, 4) is 11.8 Å². The third-order valence-corrected chi connectivity index (χ3v) is 4.56. The SMILES string of the molecule is CCCCOc1ccc(C(=O)OCC(=O)[C@H](C#N)c2nc(C)cs2)cc1. The largest absolute Gasteiger partial charge is 0.494 e. The second-order valence-corrected chi connectivity index (χ2v) is 6.55. The van der Waals surface area contributed by atoms with E-state index in [1.165, 1.54) is 11.3 Å². The zero-order valence-electron chi connectivity index (χ0n) is 14.7. The van der Waals surface area contributed by atoms with E-state index in [-0.39, 0.29) is 0 Å². The van der Waals surface area contributed by atoms with E-state index in [1.807, 2.05) is 6.07 Å². The van der Waals surface area contributed by atoms with Gasteiger partial charge in [-0.25, -0.2) is 9.78 Å². The van der Waals surface area contributed by atoms with Gasteiger partial charge in [-0.05, 0) is 37.6 Å². The number of nitrogens with zero attached hydrogens (tertiary/aromatic N) is 2. The van der Waals surface area contributed by atoms with Crippen molar-refractivity contribution in [1.82, 2.24) is 4.98 Å². The quantitative estimate of drug-likeness (QED) is 0.493. The average molecular weight is 372 g/mol. The molecule has 1 atom stereocenters. The maximum Gasteiger partial charge on any atom is 0.338 e. The summed E-state index contributed by atoms with van der Waals surface area (Å²) in [5.41, 5.74) is 1.07. The summed E-state index contributed by atoms with van der Waals surface area (Å²) < 4.78 is 10.6. The summed E-state index contributed by atoms with van der Waals surface area (Å²) in [6.07, 6.45) is 2.01. The fraction of sp³-hybridized carbons (Fsp3) is 0.368. The molecule has 6 nitrogen and oxygen atoms in total. The van der Waals surface area contributed by atoms with Crippen molar-refractivity contribution in [3.05, 3.63) is 45.9 Å². The van der Waals surface area contributed by atoms with Gasteiger partial charge in [0.15, 0.2) is 18.3 Å². The zero-order chi connectivity index (χ0) is 18.9. The summed E-state index contributed by atoms with van der Waals surface area (Å²) >= 11 is 1.24. The number of rotatable bonds is 9. The van der Waals surface area contributed by atoms with Crippen LogP contribution in [0.15, 0.2) is 29.6 Å². The Morgan fingerprint density at radius 3 is 2.62 bits per heavy atom. The van der Waals surface area contributed by atoms with Gasteiger partial charge in [-0.1, -0.05) is 13.3 Å². The number of carbonyl (C=O) groups excluding carboxylic acids is 2. The Bertz CT molecular complexity index is 793. The number of ketones is 1. The number of esters is 1. The smallest absolute Gasteiger partial charge is 0.338 e. The van der Waals surface area contributed by atoms with Gasteiger partial charge in [-0.15, -0.1) is 11.3 Å². The fourth-order valence-corrected chi connectivity index (χ4v) is 2.96. The van der Waals surface area contributed by atoms with E-state index < -0.39 is 24.3 Å². The molecular formula is C19H20N2O4S. The molecule has 136 valence electrons. The second kappa shape index (κ2) is 9.68. The molecule has 0 aliphatic heterocycles. The van der Waals surface area contributed by atoms with Crippen molar-refractivity contribution in [2.45, 2.75) is 32.6 Å². The van der Waals surface area contributed by atoms with E-state index in [4.69, 9.17) is 9.47 Å². The lowest BCUT2D eigenvalue weighted by molar-refractivity contribution is -0.122. The molecule has 0 bridgehead atoms. The molecule has 0 spiro atoms. The number of Topliss-reactive ketones (excluding diaryl/α,β-unsaturated/α-hetero) is 1. The first-order valence-electron chi connectivity index (χ1n) is 8.29. The van der Waals surface area contributed by atoms with Crippen LogP contribution in [0.3, 0.4) is 0 Å². The fourth-order valence-electron chi connectivity index (χ4n) is 2.09. The van der Waals surface area contributed by atoms with E-state index in [9.17, 15) is 14.9 Å². The monoisotopic (exact) mass is 372 g/mol. The number of nitriles is 1. The highest BCUT2D eigenvalue weighted by molar-refractivity contribution is 7.09. The predicted octanol–water partition coefficient (Wildman–Crippen LogP) is 3.66. The molecule has 0 aliphatic carbocycles. The van der Waals surface area contributed by atoms with Crippen LogP contribution in [-0.4, -0.2) is 30.0 Å². The molecule has 1 aromatic heterocycles. The van der Waals surface area contributed by atoms with Crippen LogP contribution < -0.4 is 4.74 Å². The van der Waals surface area contributed by atoms with E-state index in [0.29, 0.717) is 22.9 Å². The third kappa shape index (κ3) is 5.39. The van der Waals surface area contributed by atoms with Crippen molar-refractivity contribution < 1.29 is 19.1 Å². The number of hydrogen-bond donors (Lipinski definition) is 0. The normalized spacial score (nSPS) is 11.4. The number of ether oxygens (including phenoxy) is 2. The maximum atomic E-state index is 12.2. The molecule has 2 rings (SSSR count). The van der Waals surface area contributed by atoms with Gasteiger partial charge >= 0.3 is 5.97 Å². The van der Waals surface area contributed by atoms with Crippen molar-refractivity contribution in [1.29, 1.82) is 5.26 Å². The van der Waals surface area contributed by atoms with E-state index in [2.05, 4.69) is 11.9 Å². The minimum absolute atomic E-state index is 0.319. The van der Waals surface area contributed by atoms with E-state index in [1.54, 1.807) is 36.6 Å². The first-order chi connectivity index (χ1) is 12.5. The van der Waals surface area contributed by atoms with Crippen molar-refractivity contribution in [2.24, 2.45) is 0 Å². The first-order valence-corrected chi connectivity index (χ1v) is 9.17. The standard InChI is InChI=1S/C19H20N2O4S/c1-3-4-9-24-15-7-5-14(6-8-15)19(23)25-11-17(22)16(10-20)18-21-13(2)12-26-18/h5-8,12,16H,3-4,9,11H2,1-2H3/t16-/m0/s1. The summed E-state index contributed by atoms with van der Waals surface area (Å²) in [6, 6.07) is 8.45. The average Bonchev–Trinajstić information content (AvgIpc) is 3.07. The number of benzene rings is 1. The molecule has 26 heavy (non-hydrogen) atoms. The molecule has 0 unspecified atom stereocenters. The summed E-state index contributed by atoms with van der Waals surface area (Å²) in [5, 5.41) is 11.4. The van der Waals surface area contributed by atoms with Crippen LogP contribution >= 0.6 is 11.3 Å². The Morgan fingerprint density at radius 1 is 1.31 bits per heavy atom. The Kier molecular flexibility index (Phi) is 7.30. The maximum absolute atomic E-state index is 12.2. The van der Waals surface area contributed by atoms with Gasteiger partial charge in [0.2, 0.25) is 0 Å². The molecule has 7 heteroatoms. The lowest BCUT2D eigenvalue weighted by Gasteiger charge is -2.08. The molecular weight excluding hydrogens is 352 g/mol. The van der Waals surface area contributed by atoms with Crippen LogP contribution in [0.5, 0.6) is 5.75 Å². The Balaban J connectivity index is 1.89. The van der Waals surface area contributed by atoms with Crippen LogP contribution in [-0.2, 0) is 9.53 Å². The summed E-state index contributed by atoms with van der Waals surface area (Å²) in [4.78, 5) is 28.4. The van der Waals surface area contributed by atoms with Gasteiger partial charge in [-0.2, -0.15) is 5.26 Å². The zero-order valence-corrected chi connectivity index (χ0v) is 15.5. The van der Waals surface area contributed by atoms with Gasteiger partial charge in [0.25, 0.3) is 0 Å². The number of unbranched alkanes of at least 4 members (excludes halogenated alkanes) is 1. The van der Waals surface area contributed by atoms with Gasteiger partial charge in [0, 0.05) is 11.1 Å². The highest BCUT2D eigenvalue weighted by Crippen LogP contribution is 2.21. The number of aryl methyl sites for hydroxylation is 1. The Hall–Kier alpha value is -2.72. The molecule has 0 saturated carbocycles. The summed E-state index contributed by atoms with van der Waals surface area (Å²) in [5.74, 6) is -1.45. The first kappa shape index (κ1) is 19.6. The Morgan fingerprint density at radius 2 is 2.04 bits per heavy atom. The number of thiazole rings is 1. The van der Waals surface area contributed by atoms with Crippen LogP contribution in [0.2, 0.25) is 0 Å². The van der Waals surface area contributed by atoms with Crippen LogP contribution in [0.25, 0.3) is 0 Å². The molecule has 0 fully saturated rings. The van der Waals surface area contributed by atoms with Crippen LogP contribution in [0.1, 0.15) is 46.7 Å². The van der Waals surface area contributed by atoms with Gasteiger partial charge in [-0.3, -0.25) is 4.79 Å². The minimum atomic E-state index is -1.02. The highest BCUT2D eigenvalue weighted by atomic mass is 32.1. The van der Waals surface area contributed by atoms with E-state index >= 15 is 0 Å². The summed E-state index contributed by atoms with van der Waals surface area (Å²) in [6.45, 7) is 4.02. The lowest BCUT2D eigenvalue weighted by Crippen LogP contribution is -2.20. The van der Waals surface area contributed by atoms with Crippen LogP contribution in [0.4, 0.5) is 0 Å². The van der Waals surface area contributed by atoms with Crippen molar-refractivity contribution in [2.75, 3.05) is 13.2 Å². The van der Waals surface area contributed by atoms with Crippen molar-refractivity contribution >= 4 is 23.1 Å². The lowest BCUT2D eigenvalue weighted by atomic mass is 10.1. The molecule has 2 aromatic rings.